The van der Waals surface area contributed by atoms with Crippen LogP contribution >= 0.6 is 0 Å². The maximum absolute atomic E-state index is 13.5. The number of unbranched alkanes of at least 4 members (excludes halogenated alkanes) is 35. The van der Waals surface area contributed by atoms with Gasteiger partial charge in [0.05, 0.1) is 25.4 Å². The molecule has 1 amide bonds. The van der Waals surface area contributed by atoms with Crippen LogP contribution in [-0.2, 0) is 23.8 Å². The molecule has 0 aliphatic carbocycles. The molecule has 0 spiro atoms. The Hall–Kier alpha value is -3.68. The first-order valence-electron chi connectivity index (χ1n) is 38.2. The van der Waals surface area contributed by atoms with E-state index in [0.29, 0.717) is 12.8 Å². The van der Waals surface area contributed by atoms with Crippen LogP contribution in [0.25, 0.3) is 0 Å². The molecule has 0 aromatic carbocycles. The molecule has 11 nitrogen and oxygen atoms in total. The molecular weight excluding hydrogens is 1150 g/mol. The lowest BCUT2D eigenvalue weighted by molar-refractivity contribution is -0.305. The van der Waals surface area contributed by atoms with Gasteiger partial charge in [0, 0.05) is 6.42 Å². The fourth-order valence-corrected chi connectivity index (χ4v) is 11.5. The predicted molar refractivity (Wildman–Crippen MR) is 388 cm³/mol. The summed E-state index contributed by atoms with van der Waals surface area (Å²) < 4.78 is 17.7. The van der Waals surface area contributed by atoms with Crippen molar-refractivity contribution >= 4 is 11.9 Å². The largest absolute Gasteiger partial charge is 0.454 e. The number of allylic oxidation sites excluding steroid dienone is 17. The van der Waals surface area contributed by atoms with Gasteiger partial charge in [-0.3, -0.25) is 9.59 Å². The van der Waals surface area contributed by atoms with Crippen molar-refractivity contribution in [2.24, 2.45) is 0 Å². The second kappa shape index (κ2) is 67.3. The van der Waals surface area contributed by atoms with E-state index in [1.807, 2.05) is 6.08 Å². The van der Waals surface area contributed by atoms with Crippen LogP contribution in [0, 0.1) is 0 Å². The zero-order chi connectivity index (χ0) is 66.7. The smallest absolute Gasteiger partial charge is 0.306 e. The quantitative estimate of drug-likeness (QED) is 0.0195. The fourth-order valence-electron chi connectivity index (χ4n) is 11.5. The normalized spacial score (nSPS) is 18.5. The minimum Gasteiger partial charge on any atom is -0.454 e. The second-order valence-electron chi connectivity index (χ2n) is 26.0. The van der Waals surface area contributed by atoms with Crippen LogP contribution in [0.5, 0.6) is 0 Å². The molecule has 1 rings (SSSR count). The molecule has 11 heteroatoms. The summed E-state index contributed by atoms with van der Waals surface area (Å²) in [4.78, 5) is 26.8. The van der Waals surface area contributed by atoms with E-state index >= 15 is 0 Å². The first kappa shape index (κ1) is 86.3. The van der Waals surface area contributed by atoms with Gasteiger partial charge in [0.25, 0.3) is 0 Å². The number of nitrogens with one attached hydrogen (secondary N) is 1. The van der Waals surface area contributed by atoms with Gasteiger partial charge in [0.15, 0.2) is 12.4 Å². The molecule has 0 saturated carbocycles. The highest BCUT2D eigenvalue weighted by Crippen LogP contribution is 2.26. The molecule has 1 saturated heterocycles. The fraction of sp³-hybridized carbons (Fsp3) is 0.753. The number of aliphatic hydroxyl groups is 5. The summed E-state index contributed by atoms with van der Waals surface area (Å²) in [5.41, 5.74) is 0. The number of carbonyl (C=O) groups excluding carboxylic acids is 2. The lowest BCUT2D eigenvalue weighted by Crippen LogP contribution is -2.61. The minimum atomic E-state index is -1.62. The average molecular weight is 1290 g/mol. The third-order valence-electron chi connectivity index (χ3n) is 17.4. The Bertz CT molecular complexity index is 1920. The highest BCUT2D eigenvalue weighted by molar-refractivity contribution is 5.80. The van der Waals surface area contributed by atoms with Crippen LogP contribution in [-0.4, -0.2) is 99.6 Å². The van der Waals surface area contributed by atoms with Crippen molar-refractivity contribution in [3.05, 3.63) is 109 Å². The van der Waals surface area contributed by atoms with Crippen molar-refractivity contribution in [3.63, 3.8) is 0 Å². The first-order chi connectivity index (χ1) is 45.2. The average Bonchev–Trinajstić information content (AvgIpc) is 0.875. The topological polar surface area (TPSA) is 175 Å². The van der Waals surface area contributed by atoms with Gasteiger partial charge in [-0.1, -0.05) is 323 Å². The number of hydrogen-bond acceptors (Lipinski definition) is 10. The van der Waals surface area contributed by atoms with Gasteiger partial charge >= 0.3 is 5.97 Å². The Labute approximate surface area is 564 Å². The van der Waals surface area contributed by atoms with E-state index in [1.165, 1.54) is 167 Å². The third-order valence-corrected chi connectivity index (χ3v) is 17.4. The number of ether oxygens (including phenoxy) is 3. The highest BCUT2D eigenvalue weighted by Gasteiger charge is 2.47. The number of amides is 1. The summed E-state index contributed by atoms with van der Waals surface area (Å²) in [6, 6.07) is -1.03. The Balaban J connectivity index is 2.53. The number of rotatable bonds is 65. The summed E-state index contributed by atoms with van der Waals surface area (Å²) in [6.07, 6.45) is 82.7. The van der Waals surface area contributed by atoms with Gasteiger partial charge in [-0.05, 0) is 109 Å². The zero-order valence-corrected chi connectivity index (χ0v) is 59.1. The first-order valence-corrected chi connectivity index (χ1v) is 38.2. The lowest BCUT2D eigenvalue weighted by Gasteiger charge is -2.41. The van der Waals surface area contributed by atoms with E-state index in [1.54, 1.807) is 6.08 Å². The maximum Gasteiger partial charge on any atom is 0.306 e. The molecular formula is C81H141NO10. The molecule has 1 aliphatic heterocycles. The van der Waals surface area contributed by atoms with E-state index in [4.69, 9.17) is 14.2 Å². The van der Waals surface area contributed by atoms with Crippen molar-refractivity contribution in [1.29, 1.82) is 0 Å². The van der Waals surface area contributed by atoms with Crippen LogP contribution in [0.1, 0.15) is 329 Å². The van der Waals surface area contributed by atoms with E-state index in [2.05, 4.69) is 123 Å². The van der Waals surface area contributed by atoms with Crippen LogP contribution in [0.3, 0.4) is 0 Å². The SMILES string of the molecule is CC/C=C\C/C=C\C/C=C\C/C=C\C/C=C\CCCCCCCCCCCC(=O)OC1C(OCC(NC(=O)C(O)CCCCCCCCCCCCCCC/C=C\C/C=C\C/C=C\CCCCC)C(O)/C=C/CCCCCCCCCCCC)OC(CO)C(O)C1O. The van der Waals surface area contributed by atoms with Gasteiger partial charge in [-0.15, -0.1) is 0 Å². The molecule has 92 heavy (non-hydrogen) atoms. The Kier molecular flexibility index (Phi) is 63.2. The highest BCUT2D eigenvalue weighted by atomic mass is 16.7. The molecule has 0 aromatic rings. The Morgan fingerprint density at radius 3 is 1.20 bits per heavy atom. The summed E-state index contributed by atoms with van der Waals surface area (Å²) in [7, 11) is 0. The summed E-state index contributed by atoms with van der Waals surface area (Å²) >= 11 is 0. The Morgan fingerprint density at radius 2 is 0.783 bits per heavy atom. The summed E-state index contributed by atoms with van der Waals surface area (Å²) in [6.45, 7) is 5.68. The van der Waals surface area contributed by atoms with E-state index in [9.17, 15) is 35.1 Å². The predicted octanol–water partition coefficient (Wildman–Crippen LogP) is 20.4. The van der Waals surface area contributed by atoms with Gasteiger partial charge in [-0.25, -0.2) is 0 Å². The van der Waals surface area contributed by atoms with E-state index in [-0.39, 0.29) is 19.4 Å². The van der Waals surface area contributed by atoms with Gasteiger partial charge in [-0.2, -0.15) is 0 Å². The van der Waals surface area contributed by atoms with Crippen molar-refractivity contribution in [3.8, 4) is 0 Å². The molecule has 6 N–H and O–H groups in total. The van der Waals surface area contributed by atoms with E-state index in [0.717, 1.165) is 116 Å². The maximum atomic E-state index is 13.5. The number of esters is 1. The van der Waals surface area contributed by atoms with Gasteiger partial charge in [0.2, 0.25) is 5.91 Å². The molecule has 1 fully saturated rings. The van der Waals surface area contributed by atoms with Crippen molar-refractivity contribution < 1.29 is 49.3 Å². The van der Waals surface area contributed by atoms with Gasteiger partial charge < -0.3 is 45.1 Å². The standard InChI is InChI=1S/C81H141NO10/c1-4-7-10-13-16-19-22-25-27-29-31-33-35-37-39-40-42-44-46-48-50-53-56-59-62-65-68-74(85)80(89)82-72(73(84)67-64-61-58-55-52-24-21-18-15-12-9-6-3)71-90-81-79(78(88)77(87)75(70-83)91-81)92-76(86)69-66-63-60-57-54-51-49-47-45-43-41-38-36-34-32-30-28-26-23-20-17-14-11-8-5-2/h8,11,16-17,19-20,25-28,31-34,38,41,64,67,72-75,77-79,81,83-85,87-88H,4-7,9-10,12-15,18,21-24,29-30,35-37,39-40,42-63,65-66,68-71H2,1-3H3,(H,82,89)/b11-8-,19-16-,20-17-,27-25-,28-26-,33-31-,34-32-,41-38-,67-64+. The van der Waals surface area contributed by atoms with Crippen LogP contribution < -0.4 is 5.32 Å². The number of hydrogen-bond donors (Lipinski definition) is 6. The molecule has 0 radical (unpaired) electrons. The molecule has 1 aliphatic rings. The third kappa shape index (κ3) is 53.6. The van der Waals surface area contributed by atoms with E-state index < -0.39 is 67.4 Å². The molecule has 1 heterocycles. The molecule has 530 valence electrons. The lowest BCUT2D eigenvalue weighted by atomic mass is 9.99. The van der Waals surface area contributed by atoms with Crippen LogP contribution in [0.2, 0.25) is 0 Å². The number of carbonyl (C=O) groups is 2. The second-order valence-corrected chi connectivity index (χ2v) is 26.0. The van der Waals surface area contributed by atoms with Crippen molar-refractivity contribution in [2.75, 3.05) is 13.2 Å². The molecule has 0 bridgehead atoms. The molecule has 0 aromatic heterocycles. The van der Waals surface area contributed by atoms with Crippen molar-refractivity contribution in [1.82, 2.24) is 5.32 Å². The number of aliphatic hydroxyl groups excluding tert-OH is 5. The molecule has 8 unspecified atom stereocenters. The Morgan fingerprint density at radius 1 is 0.435 bits per heavy atom. The summed E-state index contributed by atoms with van der Waals surface area (Å²) in [5, 5.41) is 57.4. The zero-order valence-electron chi connectivity index (χ0n) is 59.1. The molecule has 8 atom stereocenters. The monoisotopic (exact) mass is 1290 g/mol. The van der Waals surface area contributed by atoms with Crippen molar-refractivity contribution in [2.45, 2.75) is 378 Å². The minimum absolute atomic E-state index is 0.112. The van der Waals surface area contributed by atoms with Gasteiger partial charge in [0.1, 0.15) is 24.4 Å². The summed E-state index contributed by atoms with van der Waals surface area (Å²) in [5.74, 6) is -1.20. The van der Waals surface area contributed by atoms with Crippen LogP contribution in [0.4, 0.5) is 0 Å². The van der Waals surface area contributed by atoms with Crippen LogP contribution in [0.15, 0.2) is 109 Å².